The number of hydrazine groups is 1. The molecular formula is C6H12N4. The van der Waals surface area contributed by atoms with Gasteiger partial charge in [-0.2, -0.15) is 0 Å². The number of rotatable bonds is 1. The van der Waals surface area contributed by atoms with Crippen LogP contribution < -0.4 is 22.7 Å². The topological polar surface area (TPSA) is 90.1 Å². The van der Waals surface area contributed by atoms with Crippen molar-refractivity contribution in [2.45, 2.75) is 12.1 Å². The maximum absolute atomic E-state index is 5.60. The fraction of sp³-hybridized carbons (Fsp3) is 0.333. The number of nitrogens with one attached hydrogen (secondary N) is 1. The van der Waals surface area contributed by atoms with Gasteiger partial charge in [-0.15, -0.1) is 0 Å². The molecule has 0 spiro atoms. The van der Waals surface area contributed by atoms with Gasteiger partial charge in [-0.3, -0.25) is 5.84 Å². The summed E-state index contributed by atoms with van der Waals surface area (Å²) < 4.78 is 0. The first-order chi connectivity index (χ1) is 4.64. The standard InChI is InChI=1S/C6H12N4/c7-6(8)3-1-2-5(4-6)10-9/h1-3,10H,4,7-9H2. The van der Waals surface area contributed by atoms with Gasteiger partial charge in [-0.1, -0.05) is 12.2 Å². The summed E-state index contributed by atoms with van der Waals surface area (Å²) in [5, 5.41) is 0. The quantitative estimate of drug-likeness (QED) is 0.211. The van der Waals surface area contributed by atoms with Crippen molar-refractivity contribution in [1.29, 1.82) is 0 Å². The van der Waals surface area contributed by atoms with Crippen molar-refractivity contribution in [3.8, 4) is 0 Å². The van der Waals surface area contributed by atoms with Crippen molar-refractivity contribution >= 4 is 0 Å². The Morgan fingerprint density at radius 1 is 1.50 bits per heavy atom. The van der Waals surface area contributed by atoms with Crippen molar-refractivity contribution in [3.05, 3.63) is 23.9 Å². The molecule has 1 aliphatic rings. The third-order valence-electron chi connectivity index (χ3n) is 1.39. The molecule has 0 amide bonds. The van der Waals surface area contributed by atoms with Crippen molar-refractivity contribution in [2.24, 2.45) is 17.3 Å². The van der Waals surface area contributed by atoms with E-state index in [2.05, 4.69) is 5.43 Å². The van der Waals surface area contributed by atoms with Gasteiger partial charge in [0.05, 0.1) is 5.66 Å². The molecule has 0 radical (unpaired) electrons. The molecule has 0 aliphatic heterocycles. The van der Waals surface area contributed by atoms with Crippen LogP contribution in [0.15, 0.2) is 23.9 Å². The Morgan fingerprint density at radius 2 is 2.20 bits per heavy atom. The van der Waals surface area contributed by atoms with E-state index < -0.39 is 5.66 Å². The third-order valence-corrected chi connectivity index (χ3v) is 1.39. The SMILES string of the molecule is NNC1=CC=CC(N)(N)C1. The van der Waals surface area contributed by atoms with Crippen LogP contribution in [0, 0.1) is 0 Å². The fourth-order valence-electron chi connectivity index (χ4n) is 0.890. The van der Waals surface area contributed by atoms with Gasteiger partial charge in [-0.25, -0.2) is 0 Å². The monoisotopic (exact) mass is 140 g/mol. The van der Waals surface area contributed by atoms with E-state index >= 15 is 0 Å². The van der Waals surface area contributed by atoms with Crippen LogP contribution in [0.2, 0.25) is 0 Å². The van der Waals surface area contributed by atoms with Crippen LogP contribution in [0.25, 0.3) is 0 Å². The summed E-state index contributed by atoms with van der Waals surface area (Å²) in [6.07, 6.45) is 5.94. The number of hydrogen-bond acceptors (Lipinski definition) is 4. The molecule has 10 heavy (non-hydrogen) atoms. The third kappa shape index (κ3) is 1.57. The Hall–Kier alpha value is -0.840. The molecule has 4 nitrogen and oxygen atoms in total. The molecule has 0 aromatic carbocycles. The number of hydrogen-bond donors (Lipinski definition) is 4. The van der Waals surface area contributed by atoms with Gasteiger partial charge < -0.3 is 16.9 Å². The zero-order valence-electron chi connectivity index (χ0n) is 5.67. The Morgan fingerprint density at radius 3 is 2.60 bits per heavy atom. The molecule has 56 valence electrons. The van der Waals surface area contributed by atoms with Crippen LogP contribution in [0.5, 0.6) is 0 Å². The highest BCUT2D eigenvalue weighted by Crippen LogP contribution is 2.12. The summed E-state index contributed by atoms with van der Waals surface area (Å²) in [5.41, 5.74) is 13.8. The lowest BCUT2D eigenvalue weighted by molar-refractivity contribution is 0.521. The summed E-state index contributed by atoms with van der Waals surface area (Å²) >= 11 is 0. The van der Waals surface area contributed by atoms with Gasteiger partial charge in [0.1, 0.15) is 0 Å². The summed E-state index contributed by atoms with van der Waals surface area (Å²) in [6.45, 7) is 0. The van der Waals surface area contributed by atoms with E-state index in [1.54, 1.807) is 12.2 Å². The van der Waals surface area contributed by atoms with Gasteiger partial charge in [-0.05, 0) is 6.08 Å². The molecule has 0 atom stereocenters. The van der Waals surface area contributed by atoms with E-state index in [9.17, 15) is 0 Å². The average Bonchev–Trinajstić information content (AvgIpc) is 1.86. The lowest BCUT2D eigenvalue weighted by Crippen LogP contribution is -2.50. The molecule has 1 aliphatic carbocycles. The lowest BCUT2D eigenvalue weighted by atomic mass is 10.0. The average molecular weight is 140 g/mol. The molecule has 0 bridgehead atoms. The molecule has 0 saturated heterocycles. The van der Waals surface area contributed by atoms with Gasteiger partial charge in [0, 0.05) is 12.1 Å². The highest BCUT2D eigenvalue weighted by Gasteiger charge is 2.18. The van der Waals surface area contributed by atoms with Crippen LogP contribution in [0.3, 0.4) is 0 Å². The molecule has 0 aromatic rings. The second-order valence-corrected chi connectivity index (χ2v) is 2.48. The van der Waals surface area contributed by atoms with E-state index in [0.29, 0.717) is 6.42 Å². The second kappa shape index (κ2) is 2.42. The number of allylic oxidation sites excluding steroid dienone is 2. The summed E-state index contributed by atoms with van der Waals surface area (Å²) in [7, 11) is 0. The largest absolute Gasteiger partial charge is 0.328 e. The zero-order valence-corrected chi connectivity index (χ0v) is 5.67. The van der Waals surface area contributed by atoms with Crippen LogP contribution in [0.1, 0.15) is 6.42 Å². The molecule has 0 unspecified atom stereocenters. The van der Waals surface area contributed by atoms with E-state index in [1.165, 1.54) is 0 Å². The lowest BCUT2D eigenvalue weighted by Gasteiger charge is -2.24. The zero-order chi connectivity index (χ0) is 7.61. The first-order valence-electron chi connectivity index (χ1n) is 3.07. The molecule has 1 rings (SSSR count). The predicted octanol–water partition coefficient (Wildman–Crippen LogP) is -1.09. The first kappa shape index (κ1) is 7.27. The smallest absolute Gasteiger partial charge is 0.0887 e. The Balaban J connectivity index is 2.68. The van der Waals surface area contributed by atoms with Gasteiger partial charge in [0.25, 0.3) is 0 Å². The molecule has 0 heterocycles. The predicted molar refractivity (Wildman–Crippen MR) is 40.3 cm³/mol. The molecule has 0 saturated carbocycles. The van der Waals surface area contributed by atoms with Crippen LogP contribution >= 0.6 is 0 Å². The van der Waals surface area contributed by atoms with E-state index in [4.69, 9.17) is 17.3 Å². The summed E-state index contributed by atoms with van der Waals surface area (Å²) in [4.78, 5) is 0. The Kier molecular flexibility index (Phi) is 1.76. The van der Waals surface area contributed by atoms with Gasteiger partial charge in [0.15, 0.2) is 0 Å². The van der Waals surface area contributed by atoms with Crippen molar-refractivity contribution < 1.29 is 0 Å². The first-order valence-corrected chi connectivity index (χ1v) is 3.07. The highest BCUT2D eigenvalue weighted by molar-refractivity contribution is 5.23. The van der Waals surface area contributed by atoms with Gasteiger partial charge >= 0.3 is 0 Å². The highest BCUT2D eigenvalue weighted by atomic mass is 15.2. The maximum Gasteiger partial charge on any atom is 0.0887 e. The summed E-state index contributed by atoms with van der Waals surface area (Å²) in [5.74, 6) is 5.16. The fourth-order valence-corrected chi connectivity index (χ4v) is 0.890. The minimum atomic E-state index is -0.740. The minimum Gasteiger partial charge on any atom is -0.328 e. The molecule has 0 aromatic heterocycles. The van der Waals surface area contributed by atoms with E-state index in [0.717, 1.165) is 5.70 Å². The Bertz CT molecular complexity index is 180. The van der Waals surface area contributed by atoms with Gasteiger partial charge in [0.2, 0.25) is 0 Å². The second-order valence-electron chi connectivity index (χ2n) is 2.48. The molecular weight excluding hydrogens is 128 g/mol. The molecule has 4 heteroatoms. The van der Waals surface area contributed by atoms with E-state index in [-0.39, 0.29) is 0 Å². The van der Waals surface area contributed by atoms with Crippen LogP contribution in [-0.4, -0.2) is 5.66 Å². The molecule has 0 fully saturated rings. The van der Waals surface area contributed by atoms with Crippen LogP contribution in [-0.2, 0) is 0 Å². The Labute approximate surface area is 59.7 Å². The van der Waals surface area contributed by atoms with E-state index in [1.807, 2.05) is 6.08 Å². The van der Waals surface area contributed by atoms with Crippen LogP contribution in [0.4, 0.5) is 0 Å². The maximum atomic E-state index is 5.60. The van der Waals surface area contributed by atoms with Crippen molar-refractivity contribution in [1.82, 2.24) is 5.43 Å². The van der Waals surface area contributed by atoms with Crippen molar-refractivity contribution in [3.63, 3.8) is 0 Å². The number of nitrogens with two attached hydrogens (primary N) is 3. The summed E-state index contributed by atoms with van der Waals surface area (Å²) in [6, 6.07) is 0. The normalized spacial score (nSPS) is 22.1. The molecule has 7 N–H and O–H groups in total. The van der Waals surface area contributed by atoms with Crippen molar-refractivity contribution in [2.75, 3.05) is 0 Å². The minimum absolute atomic E-state index is 0.556.